The summed E-state index contributed by atoms with van der Waals surface area (Å²) in [5.74, 6) is 0. The molecule has 1 rings (SSSR count). The molecule has 19 heavy (non-hydrogen) atoms. The number of amides is 2. The lowest BCUT2D eigenvalue weighted by Crippen LogP contribution is -2.44. The molecule has 0 spiro atoms. The van der Waals surface area contributed by atoms with Crippen LogP contribution in [0.1, 0.15) is 32.8 Å². The Kier molecular flexibility index (Phi) is 6.31. The van der Waals surface area contributed by atoms with Crippen molar-refractivity contribution in [2.45, 2.75) is 33.7 Å². The molecule has 0 saturated heterocycles. The molecule has 4 nitrogen and oxygen atoms in total. The molecule has 2 amide bonds. The van der Waals surface area contributed by atoms with Crippen molar-refractivity contribution in [2.75, 3.05) is 19.7 Å². The molecule has 0 fully saturated rings. The molecule has 0 atom stereocenters. The summed E-state index contributed by atoms with van der Waals surface area (Å²) in [5, 5.41) is 15.9. The lowest BCUT2D eigenvalue weighted by molar-refractivity contribution is 0.164. The summed E-state index contributed by atoms with van der Waals surface area (Å²) < 4.78 is 0. The minimum atomic E-state index is -0.0606. The number of rotatable bonds is 6. The van der Waals surface area contributed by atoms with Crippen LogP contribution in [0.25, 0.3) is 0 Å². The quantitative estimate of drug-likeness (QED) is 0.844. The fourth-order valence-electron chi connectivity index (χ4n) is 1.77. The van der Waals surface area contributed by atoms with Gasteiger partial charge in [-0.2, -0.15) is 11.3 Å². The van der Waals surface area contributed by atoms with Crippen LogP contribution in [0.15, 0.2) is 16.8 Å². The summed E-state index contributed by atoms with van der Waals surface area (Å²) in [6, 6.07) is 1.95. The van der Waals surface area contributed by atoms with Crippen molar-refractivity contribution < 1.29 is 9.90 Å². The second-order valence-corrected chi connectivity index (χ2v) is 6.63. The molecule has 0 aliphatic carbocycles. The van der Waals surface area contributed by atoms with Crippen LogP contribution in [-0.2, 0) is 6.54 Å². The maximum atomic E-state index is 12.2. The molecule has 0 aromatic carbocycles. The van der Waals surface area contributed by atoms with E-state index in [2.05, 4.69) is 26.1 Å². The van der Waals surface area contributed by atoms with Crippen molar-refractivity contribution in [1.29, 1.82) is 0 Å². The number of nitrogens with zero attached hydrogens (tertiary/aromatic N) is 1. The van der Waals surface area contributed by atoms with Crippen LogP contribution >= 0.6 is 11.3 Å². The second kappa shape index (κ2) is 7.50. The Morgan fingerprint density at radius 1 is 1.47 bits per heavy atom. The predicted molar refractivity (Wildman–Crippen MR) is 79.3 cm³/mol. The number of carbonyl (C=O) groups is 1. The summed E-state index contributed by atoms with van der Waals surface area (Å²) in [5.41, 5.74) is 1.17. The first-order valence-electron chi connectivity index (χ1n) is 6.57. The summed E-state index contributed by atoms with van der Waals surface area (Å²) in [6.07, 6.45) is 0.613. The monoisotopic (exact) mass is 284 g/mol. The molecule has 0 bridgehead atoms. The second-order valence-electron chi connectivity index (χ2n) is 5.85. The minimum Gasteiger partial charge on any atom is -0.396 e. The van der Waals surface area contributed by atoms with Crippen LogP contribution in [0.2, 0.25) is 0 Å². The molecule has 5 heteroatoms. The number of thiophene rings is 1. The summed E-state index contributed by atoms with van der Waals surface area (Å²) in [7, 11) is 0. The van der Waals surface area contributed by atoms with Gasteiger partial charge in [0.2, 0.25) is 0 Å². The van der Waals surface area contributed by atoms with Gasteiger partial charge in [-0.1, -0.05) is 20.8 Å². The SMILES string of the molecule is CC(C)(C)CN(CCCO)C(=O)NCc1ccsc1. The van der Waals surface area contributed by atoms with Gasteiger partial charge < -0.3 is 15.3 Å². The zero-order chi connectivity index (χ0) is 14.3. The molecule has 108 valence electrons. The topological polar surface area (TPSA) is 52.6 Å². The van der Waals surface area contributed by atoms with Gasteiger partial charge in [0.15, 0.2) is 0 Å². The average Bonchev–Trinajstić information content (AvgIpc) is 2.83. The predicted octanol–water partition coefficient (Wildman–Crippen LogP) is 2.69. The van der Waals surface area contributed by atoms with E-state index in [1.165, 1.54) is 0 Å². The first kappa shape index (κ1) is 16.0. The molecule has 2 N–H and O–H groups in total. The van der Waals surface area contributed by atoms with Crippen LogP contribution in [0.3, 0.4) is 0 Å². The molecular weight excluding hydrogens is 260 g/mol. The fraction of sp³-hybridized carbons (Fsp3) is 0.643. The van der Waals surface area contributed by atoms with Crippen LogP contribution in [-0.4, -0.2) is 35.7 Å². The van der Waals surface area contributed by atoms with E-state index < -0.39 is 0 Å². The maximum Gasteiger partial charge on any atom is 0.317 e. The first-order chi connectivity index (χ1) is 8.92. The Morgan fingerprint density at radius 2 is 2.21 bits per heavy atom. The highest BCUT2D eigenvalue weighted by molar-refractivity contribution is 7.07. The van der Waals surface area contributed by atoms with Crippen molar-refractivity contribution in [2.24, 2.45) is 5.41 Å². The molecule has 1 heterocycles. The highest BCUT2D eigenvalue weighted by atomic mass is 32.1. The van der Waals surface area contributed by atoms with Crippen LogP contribution in [0, 0.1) is 5.41 Å². The zero-order valence-corrected chi connectivity index (χ0v) is 12.8. The van der Waals surface area contributed by atoms with E-state index in [0.717, 1.165) is 5.56 Å². The van der Waals surface area contributed by atoms with E-state index in [-0.39, 0.29) is 18.1 Å². The fourth-order valence-corrected chi connectivity index (χ4v) is 2.44. The van der Waals surface area contributed by atoms with E-state index in [1.807, 2.05) is 16.8 Å². The summed E-state index contributed by atoms with van der Waals surface area (Å²) >= 11 is 1.63. The number of aliphatic hydroxyl groups excluding tert-OH is 1. The number of carbonyl (C=O) groups excluding carboxylic acids is 1. The summed E-state index contributed by atoms with van der Waals surface area (Å²) in [4.78, 5) is 13.9. The largest absolute Gasteiger partial charge is 0.396 e. The number of urea groups is 1. The third-order valence-corrected chi connectivity index (χ3v) is 3.29. The lowest BCUT2D eigenvalue weighted by Gasteiger charge is -2.30. The standard InChI is InChI=1S/C14H24N2O2S/c1-14(2,3)11-16(6-4-7-17)13(18)15-9-12-5-8-19-10-12/h5,8,10,17H,4,6-7,9,11H2,1-3H3,(H,15,18). The molecule has 1 aromatic heterocycles. The van der Waals surface area contributed by atoms with Gasteiger partial charge >= 0.3 is 6.03 Å². The Hall–Kier alpha value is -1.07. The summed E-state index contributed by atoms with van der Waals surface area (Å²) in [6.45, 7) is 8.24. The van der Waals surface area contributed by atoms with Crippen LogP contribution in [0.5, 0.6) is 0 Å². The van der Waals surface area contributed by atoms with Gasteiger partial charge in [0.1, 0.15) is 0 Å². The first-order valence-corrected chi connectivity index (χ1v) is 7.51. The van der Waals surface area contributed by atoms with Gasteiger partial charge in [-0.05, 0) is 34.2 Å². The van der Waals surface area contributed by atoms with E-state index in [4.69, 9.17) is 5.11 Å². The van der Waals surface area contributed by atoms with Gasteiger partial charge in [0.05, 0.1) is 0 Å². The van der Waals surface area contributed by atoms with E-state index >= 15 is 0 Å². The van der Waals surface area contributed by atoms with Crippen LogP contribution in [0.4, 0.5) is 4.79 Å². The molecule has 0 saturated carbocycles. The highest BCUT2D eigenvalue weighted by Crippen LogP contribution is 2.15. The Morgan fingerprint density at radius 3 is 2.74 bits per heavy atom. The van der Waals surface area contributed by atoms with Crippen molar-refractivity contribution >= 4 is 17.4 Å². The molecular formula is C14H24N2O2S. The lowest BCUT2D eigenvalue weighted by atomic mass is 9.96. The van der Waals surface area contributed by atoms with Gasteiger partial charge in [-0.3, -0.25) is 0 Å². The van der Waals surface area contributed by atoms with Crippen LogP contribution < -0.4 is 5.32 Å². The van der Waals surface area contributed by atoms with Crippen molar-refractivity contribution in [3.05, 3.63) is 22.4 Å². The molecule has 1 aromatic rings. The van der Waals surface area contributed by atoms with Gasteiger partial charge in [-0.15, -0.1) is 0 Å². The smallest absolute Gasteiger partial charge is 0.317 e. The zero-order valence-electron chi connectivity index (χ0n) is 12.0. The molecule has 0 aliphatic rings. The third kappa shape index (κ3) is 6.59. The molecule has 0 aliphatic heterocycles. The number of hydrogen-bond acceptors (Lipinski definition) is 3. The van der Waals surface area contributed by atoms with Gasteiger partial charge in [-0.25, -0.2) is 4.79 Å². The van der Waals surface area contributed by atoms with Crippen molar-refractivity contribution in [3.63, 3.8) is 0 Å². The number of aliphatic hydroxyl groups is 1. The Balaban J connectivity index is 2.50. The van der Waals surface area contributed by atoms with E-state index in [9.17, 15) is 4.79 Å². The Labute approximate surface area is 119 Å². The van der Waals surface area contributed by atoms with Crippen molar-refractivity contribution in [1.82, 2.24) is 10.2 Å². The minimum absolute atomic E-state index is 0.0508. The van der Waals surface area contributed by atoms with E-state index in [1.54, 1.807) is 16.2 Å². The average molecular weight is 284 g/mol. The number of nitrogens with one attached hydrogen (secondary N) is 1. The van der Waals surface area contributed by atoms with Crippen molar-refractivity contribution in [3.8, 4) is 0 Å². The third-order valence-electron chi connectivity index (χ3n) is 2.56. The highest BCUT2D eigenvalue weighted by Gasteiger charge is 2.20. The van der Waals surface area contributed by atoms with Gasteiger partial charge in [0.25, 0.3) is 0 Å². The van der Waals surface area contributed by atoms with E-state index in [0.29, 0.717) is 26.1 Å². The maximum absolute atomic E-state index is 12.2. The number of hydrogen-bond donors (Lipinski definition) is 2. The molecule has 0 unspecified atom stereocenters. The Bertz CT molecular complexity index is 371. The molecule has 0 radical (unpaired) electrons. The normalized spacial score (nSPS) is 11.4. The van der Waals surface area contributed by atoms with Gasteiger partial charge in [0, 0.05) is 26.2 Å².